The zero-order valence-electron chi connectivity index (χ0n) is 11.6. The Kier molecular flexibility index (Phi) is 3.32. The highest BCUT2D eigenvalue weighted by molar-refractivity contribution is 5.52. The van der Waals surface area contributed by atoms with Crippen LogP contribution in [0, 0.1) is 5.82 Å². The number of aliphatic imine (C=N–C) groups is 1. The van der Waals surface area contributed by atoms with Gasteiger partial charge in [-0.3, -0.25) is 0 Å². The number of likely N-dealkylation sites (N-methyl/N-ethyl adjacent to an activating group) is 1. The van der Waals surface area contributed by atoms with Crippen molar-refractivity contribution in [1.82, 2.24) is 4.90 Å². The van der Waals surface area contributed by atoms with Gasteiger partial charge >= 0.3 is 0 Å². The SMILES string of the molecule is CN1CCN(c2ccc(C3(N=C=O)CC3)cc2F)CC1. The highest BCUT2D eigenvalue weighted by Gasteiger charge is 2.45. The molecule has 1 saturated carbocycles. The fraction of sp³-hybridized carbons (Fsp3) is 0.533. The van der Waals surface area contributed by atoms with Crippen LogP contribution in [0.5, 0.6) is 0 Å². The summed E-state index contributed by atoms with van der Waals surface area (Å²) in [5.41, 5.74) is 0.937. The van der Waals surface area contributed by atoms with Gasteiger partial charge in [0.25, 0.3) is 0 Å². The second kappa shape index (κ2) is 5.00. The second-order valence-corrected chi connectivity index (χ2v) is 5.69. The monoisotopic (exact) mass is 275 g/mol. The maximum Gasteiger partial charge on any atom is 0.235 e. The van der Waals surface area contributed by atoms with Gasteiger partial charge in [-0.15, -0.1) is 0 Å². The summed E-state index contributed by atoms with van der Waals surface area (Å²) in [6.07, 6.45) is 3.21. The molecule has 1 aliphatic carbocycles. The number of piperazine rings is 1. The number of rotatable bonds is 3. The minimum atomic E-state index is -0.497. The highest BCUT2D eigenvalue weighted by Crippen LogP contribution is 2.49. The number of hydrogen-bond donors (Lipinski definition) is 0. The van der Waals surface area contributed by atoms with Gasteiger partial charge < -0.3 is 9.80 Å². The fourth-order valence-corrected chi connectivity index (χ4v) is 2.77. The van der Waals surface area contributed by atoms with Crippen molar-refractivity contribution >= 4 is 11.8 Å². The molecule has 1 aliphatic heterocycles. The van der Waals surface area contributed by atoms with Gasteiger partial charge in [0.2, 0.25) is 6.08 Å². The molecule has 1 aromatic carbocycles. The maximum absolute atomic E-state index is 14.3. The van der Waals surface area contributed by atoms with Crippen LogP contribution in [0.25, 0.3) is 0 Å². The molecule has 1 aromatic rings. The molecule has 0 unspecified atom stereocenters. The molecule has 20 heavy (non-hydrogen) atoms. The number of hydrogen-bond acceptors (Lipinski definition) is 4. The topological polar surface area (TPSA) is 35.9 Å². The van der Waals surface area contributed by atoms with E-state index in [2.05, 4.69) is 21.8 Å². The van der Waals surface area contributed by atoms with Crippen LogP contribution in [0.2, 0.25) is 0 Å². The molecule has 0 aromatic heterocycles. The Hall–Kier alpha value is -1.71. The number of benzene rings is 1. The summed E-state index contributed by atoms with van der Waals surface area (Å²) in [6, 6.07) is 5.24. The Morgan fingerprint density at radius 3 is 2.50 bits per heavy atom. The van der Waals surface area contributed by atoms with Gasteiger partial charge in [0.15, 0.2) is 0 Å². The molecule has 2 fully saturated rings. The van der Waals surface area contributed by atoms with Gasteiger partial charge in [-0.25, -0.2) is 9.18 Å². The van der Waals surface area contributed by atoms with Gasteiger partial charge in [0.05, 0.1) is 11.2 Å². The molecule has 106 valence electrons. The lowest BCUT2D eigenvalue weighted by atomic mass is 10.0. The van der Waals surface area contributed by atoms with Crippen molar-refractivity contribution in [3.05, 3.63) is 29.6 Å². The van der Waals surface area contributed by atoms with Crippen LogP contribution in [-0.4, -0.2) is 44.2 Å². The minimum Gasteiger partial charge on any atom is -0.367 e. The molecule has 0 N–H and O–H groups in total. The van der Waals surface area contributed by atoms with Gasteiger partial charge in [-0.1, -0.05) is 6.07 Å². The first-order valence-electron chi connectivity index (χ1n) is 6.97. The van der Waals surface area contributed by atoms with Crippen molar-refractivity contribution in [3.8, 4) is 0 Å². The van der Waals surface area contributed by atoms with E-state index in [0.717, 1.165) is 44.6 Å². The van der Waals surface area contributed by atoms with Crippen LogP contribution in [0.3, 0.4) is 0 Å². The van der Waals surface area contributed by atoms with Crippen molar-refractivity contribution in [3.63, 3.8) is 0 Å². The Balaban J connectivity index is 1.83. The van der Waals surface area contributed by atoms with E-state index in [9.17, 15) is 9.18 Å². The Labute approximate surface area is 117 Å². The molecule has 0 bridgehead atoms. The van der Waals surface area contributed by atoms with Crippen molar-refractivity contribution in [2.75, 3.05) is 38.1 Å². The minimum absolute atomic E-state index is 0.223. The molecule has 4 nitrogen and oxygen atoms in total. The normalized spacial score (nSPS) is 21.4. The maximum atomic E-state index is 14.3. The average Bonchev–Trinajstić information content (AvgIpc) is 3.21. The van der Waals surface area contributed by atoms with E-state index in [0.29, 0.717) is 5.69 Å². The number of isocyanates is 1. The summed E-state index contributed by atoms with van der Waals surface area (Å²) in [5, 5.41) is 0. The highest BCUT2D eigenvalue weighted by atomic mass is 19.1. The van der Waals surface area contributed by atoms with Crippen LogP contribution in [0.15, 0.2) is 23.2 Å². The van der Waals surface area contributed by atoms with Gasteiger partial charge in [0, 0.05) is 26.2 Å². The summed E-state index contributed by atoms with van der Waals surface area (Å²) in [5.74, 6) is -0.223. The number of nitrogens with zero attached hydrogens (tertiary/aromatic N) is 3. The lowest BCUT2D eigenvalue weighted by Gasteiger charge is -2.34. The Bertz CT molecular complexity index is 556. The average molecular weight is 275 g/mol. The molecule has 3 rings (SSSR count). The standard InChI is InChI=1S/C15H18FN3O/c1-18-6-8-19(9-7-18)14-3-2-12(10-13(14)16)15(4-5-15)17-11-20/h2-3,10H,4-9H2,1H3. The van der Waals surface area contributed by atoms with Crippen LogP contribution in [0.1, 0.15) is 18.4 Å². The van der Waals surface area contributed by atoms with Crippen molar-refractivity contribution in [2.24, 2.45) is 4.99 Å². The largest absolute Gasteiger partial charge is 0.367 e. The van der Waals surface area contributed by atoms with E-state index in [1.807, 2.05) is 12.1 Å². The molecule has 5 heteroatoms. The molecule has 0 atom stereocenters. The first kappa shape index (κ1) is 13.3. The molecular formula is C15H18FN3O. The molecule has 1 heterocycles. The predicted octanol–water partition coefficient (Wildman–Crippen LogP) is 1.90. The zero-order chi connectivity index (χ0) is 14.2. The lowest BCUT2D eigenvalue weighted by Crippen LogP contribution is -2.44. The zero-order valence-corrected chi connectivity index (χ0v) is 11.6. The van der Waals surface area contributed by atoms with E-state index in [4.69, 9.17) is 0 Å². The molecule has 2 aliphatic rings. The Morgan fingerprint density at radius 1 is 1.25 bits per heavy atom. The Morgan fingerprint density at radius 2 is 1.95 bits per heavy atom. The van der Waals surface area contributed by atoms with E-state index in [-0.39, 0.29) is 5.82 Å². The summed E-state index contributed by atoms with van der Waals surface area (Å²) < 4.78 is 14.3. The smallest absolute Gasteiger partial charge is 0.235 e. The van der Waals surface area contributed by atoms with E-state index >= 15 is 0 Å². The second-order valence-electron chi connectivity index (χ2n) is 5.69. The van der Waals surface area contributed by atoms with Crippen LogP contribution < -0.4 is 4.90 Å². The van der Waals surface area contributed by atoms with Gasteiger partial charge in [-0.05, 0) is 37.6 Å². The first-order chi connectivity index (χ1) is 9.64. The predicted molar refractivity (Wildman–Crippen MR) is 75.1 cm³/mol. The number of halogens is 1. The summed E-state index contributed by atoms with van der Waals surface area (Å²) in [4.78, 5) is 18.6. The van der Waals surface area contributed by atoms with Crippen molar-refractivity contribution < 1.29 is 9.18 Å². The third-order valence-corrected chi connectivity index (χ3v) is 4.31. The van der Waals surface area contributed by atoms with Gasteiger partial charge in [-0.2, -0.15) is 4.99 Å². The molecule has 0 radical (unpaired) electrons. The van der Waals surface area contributed by atoms with Crippen LogP contribution >= 0.6 is 0 Å². The fourth-order valence-electron chi connectivity index (χ4n) is 2.77. The first-order valence-corrected chi connectivity index (χ1v) is 6.97. The third kappa shape index (κ3) is 2.35. The van der Waals surface area contributed by atoms with E-state index in [1.165, 1.54) is 6.07 Å². The van der Waals surface area contributed by atoms with E-state index in [1.54, 1.807) is 6.08 Å². The summed E-state index contributed by atoms with van der Waals surface area (Å²) >= 11 is 0. The lowest BCUT2D eigenvalue weighted by molar-refractivity contribution is 0.311. The molecule has 1 saturated heterocycles. The number of carbonyl (C=O) groups excluding carboxylic acids is 1. The van der Waals surface area contributed by atoms with E-state index < -0.39 is 5.54 Å². The molecule has 0 amide bonds. The molecule has 0 spiro atoms. The molecular weight excluding hydrogens is 257 g/mol. The number of anilines is 1. The quantitative estimate of drug-likeness (QED) is 0.624. The van der Waals surface area contributed by atoms with Crippen LogP contribution in [0.4, 0.5) is 10.1 Å². The van der Waals surface area contributed by atoms with Crippen molar-refractivity contribution in [2.45, 2.75) is 18.4 Å². The third-order valence-electron chi connectivity index (χ3n) is 4.31. The van der Waals surface area contributed by atoms with Gasteiger partial charge in [0.1, 0.15) is 5.82 Å². The summed E-state index contributed by atoms with van der Waals surface area (Å²) in [7, 11) is 2.07. The van der Waals surface area contributed by atoms with Crippen LogP contribution in [-0.2, 0) is 10.3 Å². The summed E-state index contributed by atoms with van der Waals surface area (Å²) in [6.45, 7) is 3.57. The van der Waals surface area contributed by atoms with Crippen molar-refractivity contribution in [1.29, 1.82) is 0 Å².